The molecule has 1 aliphatic rings. The average Bonchev–Trinajstić information content (AvgIpc) is 2.76. The molecule has 5 rings (SSSR count). The van der Waals surface area contributed by atoms with Gasteiger partial charge in [-0.2, -0.15) is 0 Å². The quantitative estimate of drug-likeness (QED) is 0.137. The van der Waals surface area contributed by atoms with Gasteiger partial charge in [-0.1, -0.05) is 56.3 Å². The van der Waals surface area contributed by atoms with Crippen LogP contribution in [0.4, 0.5) is 0 Å². The summed E-state index contributed by atoms with van der Waals surface area (Å²) in [7, 11) is 0. The number of aromatic nitrogens is 1. The molecule has 173 valence electrons. The third-order valence-electron chi connectivity index (χ3n) is 5.43. The van der Waals surface area contributed by atoms with Crippen LogP contribution in [0.25, 0.3) is 33.2 Å². The summed E-state index contributed by atoms with van der Waals surface area (Å²) in [5, 5.41) is 10.4. The van der Waals surface area contributed by atoms with Gasteiger partial charge >= 0.3 is 0 Å². The van der Waals surface area contributed by atoms with Gasteiger partial charge < -0.3 is 10.1 Å². The molecule has 0 aliphatic heterocycles. The van der Waals surface area contributed by atoms with E-state index in [2.05, 4.69) is 31.2 Å². The van der Waals surface area contributed by atoms with Crippen molar-refractivity contribution in [1.29, 1.82) is 0 Å². The normalized spacial score (nSPS) is 11.8. The van der Waals surface area contributed by atoms with Gasteiger partial charge in [-0.05, 0) is 35.9 Å². The minimum Gasteiger partial charge on any atom is -0.512 e. The number of benzene rings is 3. The van der Waals surface area contributed by atoms with Gasteiger partial charge in [0.2, 0.25) is 0 Å². The van der Waals surface area contributed by atoms with Gasteiger partial charge in [-0.15, -0.1) is 34.9 Å². The van der Waals surface area contributed by atoms with Crippen molar-refractivity contribution in [1.82, 2.24) is 4.98 Å². The summed E-state index contributed by atoms with van der Waals surface area (Å²) in [5.41, 5.74) is 7.61. The predicted molar refractivity (Wildman–Crippen MR) is 131 cm³/mol. The molecular formula is C29H24IrNO3-. The molecule has 0 saturated heterocycles. The number of carbonyl (C=O) groups excluding carboxylic acids is 2. The maximum Gasteiger partial charge on any atom is 0.194 e. The smallest absolute Gasteiger partial charge is 0.194 e. The molecule has 0 unspecified atom stereocenters. The van der Waals surface area contributed by atoms with E-state index in [4.69, 9.17) is 10.1 Å². The van der Waals surface area contributed by atoms with Crippen LogP contribution < -0.4 is 0 Å². The number of rotatable bonds is 2. The van der Waals surface area contributed by atoms with Crippen LogP contribution in [0.3, 0.4) is 0 Å². The molecule has 0 bridgehead atoms. The van der Waals surface area contributed by atoms with E-state index in [1.54, 1.807) is 0 Å². The second kappa shape index (κ2) is 10.3. The monoisotopic (exact) mass is 627 g/mol. The van der Waals surface area contributed by atoms with Crippen molar-refractivity contribution in [2.24, 2.45) is 0 Å². The standard InChI is InChI=1S/C24H16NO.C5H8O2.Ir/c1-14-10-15(2)12-16(11-14)23-19-8-5-9-20-22(19)21(13-25-23)17-6-3-4-7-18(17)24(20)26;1-4(6)3-5(2)7;/h3-11,13H,1-2H3;3,6H,1-2H3;/q-1;;/b;4-3-;. The number of hydrogen-bond acceptors (Lipinski definition) is 4. The van der Waals surface area contributed by atoms with Crippen LogP contribution in [0.1, 0.15) is 40.9 Å². The number of allylic oxidation sites excluding steroid dienone is 2. The van der Waals surface area contributed by atoms with E-state index >= 15 is 0 Å². The molecular weight excluding hydrogens is 603 g/mol. The second-order valence-electron chi connectivity index (χ2n) is 8.27. The first-order valence-electron chi connectivity index (χ1n) is 10.7. The first-order valence-corrected chi connectivity index (χ1v) is 10.7. The maximum atomic E-state index is 13.0. The Bertz CT molecular complexity index is 1430. The fourth-order valence-electron chi connectivity index (χ4n) is 4.29. The maximum absolute atomic E-state index is 13.0. The largest absolute Gasteiger partial charge is 0.512 e. The molecule has 0 amide bonds. The zero-order valence-corrected chi connectivity index (χ0v) is 21.8. The van der Waals surface area contributed by atoms with Crippen molar-refractivity contribution in [2.75, 3.05) is 0 Å². The van der Waals surface area contributed by atoms with E-state index in [0.717, 1.165) is 49.8 Å². The minimum atomic E-state index is -0.125. The van der Waals surface area contributed by atoms with Crippen molar-refractivity contribution >= 4 is 22.3 Å². The van der Waals surface area contributed by atoms with Crippen LogP contribution in [0, 0.1) is 19.9 Å². The Kier molecular flexibility index (Phi) is 7.61. The first kappa shape index (κ1) is 25.2. The molecule has 1 radical (unpaired) electrons. The predicted octanol–water partition coefficient (Wildman–Crippen LogP) is 6.56. The van der Waals surface area contributed by atoms with Gasteiger partial charge in [-0.25, -0.2) is 0 Å². The zero-order chi connectivity index (χ0) is 23.7. The number of aliphatic hydroxyl groups excluding tert-OH is 1. The van der Waals surface area contributed by atoms with Crippen molar-refractivity contribution in [2.45, 2.75) is 27.7 Å². The first-order chi connectivity index (χ1) is 15.8. The third kappa shape index (κ3) is 4.91. The van der Waals surface area contributed by atoms with E-state index in [1.165, 1.54) is 25.5 Å². The Morgan fingerprint density at radius 3 is 2.24 bits per heavy atom. The summed E-state index contributed by atoms with van der Waals surface area (Å²) in [6.07, 6.45) is 3.07. The summed E-state index contributed by atoms with van der Waals surface area (Å²) in [6.45, 7) is 6.97. The Morgan fingerprint density at radius 2 is 1.62 bits per heavy atom. The number of pyridine rings is 1. The molecule has 34 heavy (non-hydrogen) atoms. The summed E-state index contributed by atoms with van der Waals surface area (Å²) >= 11 is 0. The van der Waals surface area contributed by atoms with E-state index in [9.17, 15) is 9.59 Å². The molecule has 0 atom stereocenters. The van der Waals surface area contributed by atoms with Crippen LogP contribution in [-0.4, -0.2) is 21.7 Å². The van der Waals surface area contributed by atoms with Crippen LogP contribution in [-0.2, 0) is 24.9 Å². The topological polar surface area (TPSA) is 67.3 Å². The van der Waals surface area contributed by atoms with E-state index in [-0.39, 0.29) is 37.4 Å². The number of aryl methyl sites for hydroxylation is 2. The van der Waals surface area contributed by atoms with Crippen molar-refractivity contribution < 1.29 is 34.8 Å². The number of carbonyl (C=O) groups is 2. The Labute approximate surface area is 212 Å². The minimum absolute atomic E-state index is 0. The van der Waals surface area contributed by atoms with Crippen LogP contribution >= 0.6 is 0 Å². The summed E-state index contributed by atoms with van der Waals surface area (Å²) in [4.78, 5) is 27.8. The number of nitrogens with zero attached hydrogens (tertiary/aromatic N) is 1. The molecule has 0 spiro atoms. The van der Waals surface area contributed by atoms with Crippen LogP contribution in [0.2, 0.25) is 0 Å². The van der Waals surface area contributed by atoms with Crippen molar-refractivity contribution in [3.05, 3.63) is 101 Å². The molecule has 1 aliphatic carbocycles. The zero-order valence-electron chi connectivity index (χ0n) is 19.4. The van der Waals surface area contributed by atoms with Gasteiger partial charge in [0.25, 0.3) is 0 Å². The van der Waals surface area contributed by atoms with E-state index in [0.29, 0.717) is 0 Å². The molecule has 3 aromatic carbocycles. The number of fused-ring (bicyclic) bond motifs is 2. The van der Waals surface area contributed by atoms with Gasteiger partial charge in [-0.3, -0.25) is 9.59 Å². The van der Waals surface area contributed by atoms with Crippen molar-refractivity contribution in [3.8, 4) is 22.4 Å². The third-order valence-corrected chi connectivity index (χ3v) is 5.43. The number of aliphatic hydroxyl groups is 1. The fourth-order valence-corrected chi connectivity index (χ4v) is 4.29. The van der Waals surface area contributed by atoms with Gasteiger partial charge in [0, 0.05) is 49.1 Å². The summed E-state index contributed by atoms with van der Waals surface area (Å²) in [6, 6.07) is 21.3. The van der Waals surface area contributed by atoms with Crippen LogP contribution in [0.5, 0.6) is 0 Å². The molecule has 4 nitrogen and oxygen atoms in total. The fraction of sp³-hybridized carbons (Fsp3) is 0.138. The molecule has 0 saturated carbocycles. The molecule has 4 aromatic rings. The van der Waals surface area contributed by atoms with Crippen LogP contribution in [0.15, 0.2) is 72.6 Å². The van der Waals surface area contributed by atoms with Crippen molar-refractivity contribution in [3.63, 3.8) is 0 Å². The molecule has 1 aromatic heterocycles. The second-order valence-corrected chi connectivity index (χ2v) is 8.27. The number of hydrogen-bond donors (Lipinski definition) is 1. The van der Waals surface area contributed by atoms with Gasteiger partial charge in [0.05, 0.1) is 5.76 Å². The molecule has 1 N–H and O–H groups in total. The Morgan fingerprint density at radius 1 is 0.941 bits per heavy atom. The number of ketones is 2. The van der Waals surface area contributed by atoms with E-state index in [1.807, 2.05) is 49.5 Å². The van der Waals surface area contributed by atoms with Gasteiger partial charge in [0.1, 0.15) is 0 Å². The summed E-state index contributed by atoms with van der Waals surface area (Å²) < 4.78 is 0. The Hall–Kier alpha value is -3.40. The molecule has 5 heteroatoms. The molecule has 1 heterocycles. The average molecular weight is 627 g/mol. The Balaban J connectivity index is 0.000000357. The summed E-state index contributed by atoms with van der Waals surface area (Å²) in [5.74, 6) is 0.0211. The van der Waals surface area contributed by atoms with E-state index < -0.39 is 0 Å². The SMILES string of the molecule is CC(=O)/C=C(/C)O.Cc1[c-]c(-c2ncc3c4c(cccc24)C(=O)c2ccccc2-3)cc(C)c1.[Ir]. The molecule has 0 fully saturated rings. The van der Waals surface area contributed by atoms with Gasteiger partial charge in [0.15, 0.2) is 11.6 Å².